The molecule has 7 nitrogen and oxygen atoms in total. The van der Waals surface area contributed by atoms with Gasteiger partial charge in [-0.15, -0.1) is 0 Å². The van der Waals surface area contributed by atoms with Gasteiger partial charge in [0.25, 0.3) is 5.69 Å². The number of anilines is 1. The number of nitrogens with two attached hydrogens (primary N) is 1. The van der Waals surface area contributed by atoms with E-state index in [2.05, 4.69) is 4.72 Å². The Morgan fingerprint density at radius 1 is 1.45 bits per heavy atom. The Labute approximate surface area is 117 Å². The molecule has 0 aromatic heterocycles. The highest BCUT2D eigenvalue weighted by atomic mass is 32.2. The summed E-state index contributed by atoms with van der Waals surface area (Å²) in [6.45, 7) is 1.92. The first-order chi connectivity index (χ1) is 9.30. The van der Waals surface area contributed by atoms with Gasteiger partial charge in [0.15, 0.2) is 0 Å². The Hall–Kier alpha value is -1.67. The van der Waals surface area contributed by atoms with Gasteiger partial charge in [0.05, 0.1) is 10.6 Å². The van der Waals surface area contributed by atoms with Gasteiger partial charge < -0.3 is 5.73 Å². The number of benzene rings is 1. The van der Waals surface area contributed by atoms with Gasteiger partial charge in [0.1, 0.15) is 4.90 Å². The molecule has 1 fully saturated rings. The predicted molar refractivity (Wildman–Crippen MR) is 74.7 cm³/mol. The summed E-state index contributed by atoms with van der Waals surface area (Å²) in [5.74, 6) is 0. The largest absolute Gasteiger partial charge is 0.398 e. The molecule has 1 aromatic carbocycles. The van der Waals surface area contributed by atoms with Gasteiger partial charge in [-0.25, -0.2) is 13.1 Å². The van der Waals surface area contributed by atoms with Crippen LogP contribution < -0.4 is 10.5 Å². The summed E-state index contributed by atoms with van der Waals surface area (Å²) in [6.07, 6.45) is 3.21. The van der Waals surface area contributed by atoms with Gasteiger partial charge in [-0.3, -0.25) is 10.1 Å². The number of sulfonamides is 1. The fraction of sp³-hybridized carbons (Fsp3) is 0.500. The van der Waals surface area contributed by atoms with Crippen LogP contribution in [0.25, 0.3) is 0 Å². The van der Waals surface area contributed by atoms with Crippen LogP contribution in [-0.2, 0) is 10.0 Å². The van der Waals surface area contributed by atoms with Crippen molar-refractivity contribution in [3.05, 3.63) is 28.3 Å². The van der Waals surface area contributed by atoms with Crippen LogP contribution in [0, 0.1) is 10.1 Å². The Balaban J connectivity index is 2.38. The third kappa shape index (κ3) is 2.61. The first kappa shape index (κ1) is 14.7. The number of nitrogens with zero attached hydrogens (tertiary/aromatic N) is 1. The van der Waals surface area contributed by atoms with E-state index in [4.69, 9.17) is 5.73 Å². The van der Waals surface area contributed by atoms with Crippen LogP contribution in [0.3, 0.4) is 0 Å². The monoisotopic (exact) mass is 299 g/mol. The molecule has 2 rings (SSSR count). The summed E-state index contributed by atoms with van der Waals surface area (Å²) in [4.78, 5) is 9.88. The van der Waals surface area contributed by atoms with Crippen molar-refractivity contribution in [2.75, 3.05) is 5.73 Å². The summed E-state index contributed by atoms with van der Waals surface area (Å²) in [5.41, 5.74) is 4.93. The SMILES string of the molecule is CCC1(NS(=O)(=O)c2cc([N+](=O)[O-])ccc2N)CCC1. The molecule has 0 unspecified atom stereocenters. The maximum atomic E-state index is 12.4. The topological polar surface area (TPSA) is 115 Å². The van der Waals surface area contributed by atoms with Crippen LogP contribution in [-0.4, -0.2) is 18.9 Å². The van der Waals surface area contributed by atoms with E-state index >= 15 is 0 Å². The van der Waals surface area contributed by atoms with E-state index in [0.717, 1.165) is 25.3 Å². The van der Waals surface area contributed by atoms with Gasteiger partial charge in [-0.2, -0.15) is 0 Å². The molecule has 0 saturated heterocycles. The molecular formula is C12H17N3O4S. The summed E-state index contributed by atoms with van der Waals surface area (Å²) in [7, 11) is -3.86. The molecule has 0 heterocycles. The lowest BCUT2D eigenvalue weighted by Gasteiger charge is -2.41. The first-order valence-corrected chi connectivity index (χ1v) is 7.86. The average molecular weight is 299 g/mol. The number of non-ortho nitro benzene ring substituents is 1. The van der Waals surface area contributed by atoms with Crippen molar-refractivity contribution >= 4 is 21.4 Å². The minimum Gasteiger partial charge on any atom is -0.398 e. The van der Waals surface area contributed by atoms with Gasteiger partial charge in [0.2, 0.25) is 10.0 Å². The Kier molecular flexibility index (Phi) is 3.70. The van der Waals surface area contributed by atoms with E-state index in [1.165, 1.54) is 12.1 Å². The molecule has 0 aliphatic heterocycles. The normalized spacial score (nSPS) is 17.4. The molecule has 3 N–H and O–H groups in total. The highest BCUT2D eigenvalue weighted by Crippen LogP contribution is 2.37. The fourth-order valence-corrected chi connectivity index (χ4v) is 4.02. The highest BCUT2D eigenvalue weighted by Gasteiger charge is 2.39. The summed E-state index contributed by atoms with van der Waals surface area (Å²) in [5, 5.41) is 10.7. The smallest absolute Gasteiger partial charge is 0.270 e. The number of nitrogen functional groups attached to an aromatic ring is 1. The minimum atomic E-state index is -3.86. The lowest BCUT2D eigenvalue weighted by molar-refractivity contribution is -0.385. The molecule has 1 aliphatic carbocycles. The third-order valence-electron chi connectivity index (χ3n) is 3.84. The van der Waals surface area contributed by atoms with Crippen molar-refractivity contribution < 1.29 is 13.3 Å². The van der Waals surface area contributed by atoms with Gasteiger partial charge in [-0.1, -0.05) is 6.92 Å². The first-order valence-electron chi connectivity index (χ1n) is 6.37. The van der Waals surface area contributed by atoms with Gasteiger partial charge >= 0.3 is 0 Å². The number of nitro groups is 1. The van der Waals surface area contributed by atoms with Gasteiger partial charge in [0, 0.05) is 17.7 Å². The summed E-state index contributed by atoms with van der Waals surface area (Å²) in [6, 6.07) is 3.43. The van der Waals surface area contributed by atoms with Crippen molar-refractivity contribution in [3.63, 3.8) is 0 Å². The van der Waals surface area contributed by atoms with E-state index in [0.29, 0.717) is 6.42 Å². The van der Waals surface area contributed by atoms with E-state index < -0.39 is 20.5 Å². The van der Waals surface area contributed by atoms with Crippen molar-refractivity contribution in [3.8, 4) is 0 Å². The van der Waals surface area contributed by atoms with E-state index in [1.807, 2.05) is 6.92 Å². The predicted octanol–water partition coefficient (Wildman–Crippen LogP) is 1.79. The molecule has 0 atom stereocenters. The van der Waals surface area contributed by atoms with Crippen LogP contribution in [0.4, 0.5) is 11.4 Å². The number of nitro benzene ring substituents is 1. The maximum absolute atomic E-state index is 12.4. The molecule has 0 radical (unpaired) electrons. The number of nitrogens with one attached hydrogen (secondary N) is 1. The van der Waals surface area contributed by atoms with Crippen molar-refractivity contribution in [1.29, 1.82) is 0 Å². The van der Waals surface area contributed by atoms with Crippen molar-refractivity contribution in [2.24, 2.45) is 0 Å². The third-order valence-corrected chi connectivity index (χ3v) is 5.47. The number of rotatable bonds is 5. The van der Waals surface area contributed by atoms with Crippen LogP contribution in [0.5, 0.6) is 0 Å². The van der Waals surface area contributed by atoms with Crippen LogP contribution in [0.1, 0.15) is 32.6 Å². The zero-order chi connectivity index (χ0) is 15.0. The van der Waals surface area contributed by atoms with E-state index in [1.54, 1.807) is 0 Å². The number of hydrogen-bond donors (Lipinski definition) is 2. The van der Waals surface area contributed by atoms with E-state index in [9.17, 15) is 18.5 Å². The lowest BCUT2D eigenvalue weighted by atomic mass is 9.76. The van der Waals surface area contributed by atoms with Gasteiger partial charge in [-0.05, 0) is 31.7 Å². The highest BCUT2D eigenvalue weighted by molar-refractivity contribution is 7.89. The zero-order valence-electron chi connectivity index (χ0n) is 11.1. The summed E-state index contributed by atoms with van der Waals surface area (Å²) < 4.78 is 27.4. The van der Waals surface area contributed by atoms with Crippen LogP contribution >= 0.6 is 0 Å². The second-order valence-electron chi connectivity index (χ2n) is 5.07. The van der Waals surface area contributed by atoms with Crippen molar-refractivity contribution in [2.45, 2.75) is 43.0 Å². The molecule has 8 heteroatoms. The molecule has 0 bridgehead atoms. The second kappa shape index (κ2) is 5.02. The summed E-state index contributed by atoms with van der Waals surface area (Å²) >= 11 is 0. The molecule has 1 aliphatic rings. The zero-order valence-corrected chi connectivity index (χ0v) is 11.9. The molecule has 1 aromatic rings. The molecule has 20 heavy (non-hydrogen) atoms. The number of hydrogen-bond acceptors (Lipinski definition) is 5. The standard InChI is InChI=1S/C12H17N3O4S/c1-2-12(6-3-7-12)14-20(18,19)11-8-9(15(16)17)4-5-10(11)13/h4-5,8,14H,2-3,6-7,13H2,1H3. The van der Waals surface area contributed by atoms with E-state index in [-0.39, 0.29) is 16.3 Å². The van der Waals surface area contributed by atoms with Crippen molar-refractivity contribution in [1.82, 2.24) is 4.72 Å². The molecule has 0 amide bonds. The van der Waals surface area contributed by atoms with Crippen LogP contribution in [0.15, 0.2) is 23.1 Å². The molecule has 110 valence electrons. The molecule has 1 saturated carbocycles. The lowest BCUT2D eigenvalue weighted by Crippen LogP contribution is -2.52. The van der Waals surface area contributed by atoms with Crippen LogP contribution in [0.2, 0.25) is 0 Å². The minimum absolute atomic E-state index is 0.00803. The maximum Gasteiger partial charge on any atom is 0.270 e. The average Bonchev–Trinajstić information content (AvgIpc) is 2.34. The Morgan fingerprint density at radius 3 is 2.55 bits per heavy atom. The fourth-order valence-electron chi connectivity index (χ4n) is 2.34. The molecular weight excluding hydrogens is 282 g/mol. The quantitative estimate of drug-likeness (QED) is 0.488. The Bertz CT molecular complexity index is 633. The Morgan fingerprint density at radius 2 is 2.10 bits per heavy atom. The second-order valence-corrected chi connectivity index (χ2v) is 6.72. The molecule has 0 spiro atoms.